The zero-order chi connectivity index (χ0) is 14.2. The highest BCUT2D eigenvalue weighted by Gasteiger charge is 2.42. The van der Waals surface area contributed by atoms with Gasteiger partial charge in [0.15, 0.2) is 0 Å². The maximum absolute atomic E-state index is 13.8. The van der Waals surface area contributed by atoms with E-state index in [1.165, 1.54) is 6.07 Å². The maximum Gasteiger partial charge on any atom is 0.325 e. The van der Waals surface area contributed by atoms with Gasteiger partial charge in [-0.25, -0.2) is 4.39 Å². The van der Waals surface area contributed by atoms with Crippen LogP contribution in [0.15, 0.2) is 22.7 Å². The van der Waals surface area contributed by atoms with Crippen LogP contribution in [0.25, 0.3) is 0 Å². The molecule has 2 atom stereocenters. The zero-order valence-corrected chi connectivity index (χ0v) is 12.2. The molecular formula is C13H16BrFN2O2. The van der Waals surface area contributed by atoms with Crippen LogP contribution in [-0.4, -0.2) is 34.6 Å². The Bertz CT molecular complexity index is 511. The highest BCUT2D eigenvalue weighted by atomic mass is 79.9. The van der Waals surface area contributed by atoms with Gasteiger partial charge in [-0.1, -0.05) is 15.9 Å². The summed E-state index contributed by atoms with van der Waals surface area (Å²) in [6, 6.07) is 4.55. The lowest BCUT2D eigenvalue weighted by molar-refractivity contribution is -0.142. The van der Waals surface area contributed by atoms with Gasteiger partial charge in [-0.15, -0.1) is 0 Å². The highest BCUT2D eigenvalue weighted by molar-refractivity contribution is 9.10. The molecule has 0 bridgehead atoms. The molecule has 104 valence electrons. The van der Waals surface area contributed by atoms with Crippen molar-refractivity contribution in [2.75, 3.05) is 13.1 Å². The predicted octanol–water partition coefficient (Wildman–Crippen LogP) is 2.14. The first-order valence-electron chi connectivity index (χ1n) is 6.05. The summed E-state index contributed by atoms with van der Waals surface area (Å²) in [5.41, 5.74) is 5.15. The van der Waals surface area contributed by atoms with Crippen molar-refractivity contribution in [3.05, 3.63) is 34.1 Å². The van der Waals surface area contributed by atoms with Crippen LogP contribution in [0, 0.1) is 5.82 Å². The predicted molar refractivity (Wildman–Crippen MR) is 73.3 cm³/mol. The molecule has 19 heavy (non-hydrogen) atoms. The third-order valence-corrected chi connectivity index (χ3v) is 4.21. The van der Waals surface area contributed by atoms with Crippen LogP contribution >= 0.6 is 15.9 Å². The van der Waals surface area contributed by atoms with Crippen LogP contribution < -0.4 is 5.73 Å². The molecule has 0 aliphatic carbocycles. The number of carboxylic acid groups (broad SMARTS) is 1. The van der Waals surface area contributed by atoms with E-state index >= 15 is 0 Å². The minimum atomic E-state index is -1.23. The summed E-state index contributed by atoms with van der Waals surface area (Å²) in [7, 11) is 0. The topological polar surface area (TPSA) is 66.6 Å². The number of hydrogen-bond donors (Lipinski definition) is 2. The fourth-order valence-corrected chi connectivity index (χ4v) is 2.78. The van der Waals surface area contributed by atoms with Crippen molar-refractivity contribution in [3.8, 4) is 0 Å². The third kappa shape index (κ3) is 2.80. The van der Waals surface area contributed by atoms with Gasteiger partial charge in [-0.3, -0.25) is 9.69 Å². The molecule has 0 aromatic heterocycles. The molecule has 1 aromatic carbocycles. The summed E-state index contributed by atoms with van der Waals surface area (Å²) in [5.74, 6) is -1.29. The Hall–Kier alpha value is -0.980. The molecule has 0 saturated carbocycles. The van der Waals surface area contributed by atoms with Crippen LogP contribution in [0.5, 0.6) is 0 Å². The standard InChI is InChI=1S/C13H16BrFN2O2/c1-8(10-6-9(14)2-3-11(10)15)17-5-4-13(16,7-17)12(18)19/h2-3,6,8H,4-5,7,16H2,1H3,(H,18,19). The van der Waals surface area contributed by atoms with E-state index in [0.29, 0.717) is 18.5 Å². The van der Waals surface area contributed by atoms with Gasteiger partial charge in [-0.2, -0.15) is 0 Å². The Morgan fingerprint density at radius 2 is 2.32 bits per heavy atom. The van der Waals surface area contributed by atoms with Gasteiger partial charge in [0.25, 0.3) is 0 Å². The second kappa shape index (κ2) is 5.19. The van der Waals surface area contributed by atoms with Crippen LogP contribution in [0.1, 0.15) is 24.9 Å². The Morgan fingerprint density at radius 1 is 1.63 bits per heavy atom. The Balaban J connectivity index is 2.20. The lowest BCUT2D eigenvalue weighted by Gasteiger charge is -2.26. The monoisotopic (exact) mass is 330 g/mol. The molecule has 6 heteroatoms. The molecule has 1 fully saturated rings. The van der Waals surface area contributed by atoms with Gasteiger partial charge >= 0.3 is 5.97 Å². The van der Waals surface area contributed by atoms with E-state index in [-0.39, 0.29) is 18.4 Å². The van der Waals surface area contributed by atoms with E-state index in [4.69, 9.17) is 10.8 Å². The van der Waals surface area contributed by atoms with Crippen molar-refractivity contribution < 1.29 is 14.3 Å². The first kappa shape index (κ1) is 14.4. The molecule has 2 unspecified atom stereocenters. The van der Waals surface area contributed by atoms with Crippen LogP contribution in [-0.2, 0) is 4.79 Å². The summed E-state index contributed by atoms with van der Waals surface area (Å²) in [6.45, 7) is 2.64. The number of aliphatic carboxylic acids is 1. The molecule has 0 radical (unpaired) electrons. The number of rotatable bonds is 3. The van der Waals surface area contributed by atoms with E-state index in [1.54, 1.807) is 12.1 Å². The number of likely N-dealkylation sites (tertiary alicyclic amines) is 1. The van der Waals surface area contributed by atoms with Crippen molar-refractivity contribution in [2.45, 2.75) is 24.9 Å². The molecular weight excluding hydrogens is 315 g/mol. The van der Waals surface area contributed by atoms with Crippen LogP contribution in [0.2, 0.25) is 0 Å². The van der Waals surface area contributed by atoms with E-state index in [2.05, 4.69) is 15.9 Å². The number of hydrogen-bond acceptors (Lipinski definition) is 3. The lowest BCUT2D eigenvalue weighted by atomic mass is 10.0. The Labute approximate surface area is 119 Å². The molecule has 1 aliphatic heterocycles. The van der Waals surface area contributed by atoms with Crippen molar-refractivity contribution in [1.29, 1.82) is 0 Å². The number of nitrogens with zero attached hydrogens (tertiary/aromatic N) is 1. The van der Waals surface area contributed by atoms with Crippen LogP contribution in [0.3, 0.4) is 0 Å². The molecule has 1 heterocycles. The van der Waals surface area contributed by atoms with Gasteiger partial charge in [0.2, 0.25) is 0 Å². The third-order valence-electron chi connectivity index (χ3n) is 3.71. The normalized spacial score (nSPS) is 25.5. The molecule has 1 aromatic rings. The second-order valence-corrected chi connectivity index (χ2v) is 5.94. The summed E-state index contributed by atoms with van der Waals surface area (Å²) in [5, 5.41) is 9.11. The largest absolute Gasteiger partial charge is 0.480 e. The fraction of sp³-hybridized carbons (Fsp3) is 0.462. The van der Waals surface area contributed by atoms with Gasteiger partial charge in [0.05, 0.1) is 0 Å². The smallest absolute Gasteiger partial charge is 0.325 e. The van der Waals surface area contributed by atoms with Crippen molar-refractivity contribution in [3.63, 3.8) is 0 Å². The molecule has 2 rings (SSSR count). The molecule has 0 spiro atoms. The fourth-order valence-electron chi connectivity index (χ4n) is 2.40. The molecule has 1 aliphatic rings. The minimum absolute atomic E-state index is 0.206. The SMILES string of the molecule is CC(c1cc(Br)ccc1F)N1CCC(N)(C(=O)O)C1. The summed E-state index contributed by atoms with van der Waals surface area (Å²) >= 11 is 3.31. The number of benzene rings is 1. The first-order valence-corrected chi connectivity index (χ1v) is 6.84. The Morgan fingerprint density at radius 3 is 2.89 bits per heavy atom. The average Bonchev–Trinajstić information content (AvgIpc) is 2.76. The quantitative estimate of drug-likeness (QED) is 0.891. The lowest BCUT2D eigenvalue weighted by Crippen LogP contribution is -2.50. The van der Waals surface area contributed by atoms with Gasteiger partial charge in [-0.05, 0) is 31.5 Å². The number of halogens is 2. The number of nitrogens with two attached hydrogens (primary N) is 1. The number of carboxylic acids is 1. The second-order valence-electron chi connectivity index (χ2n) is 5.02. The molecule has 0 amide bonds. The van der Waals surface area contributed by atoms with Crippen molar-refractivity contribution >= 4 is 21.9 Å². The highest BCUT2D eigenvalue weighted by Crippen LogP contribution is 2.31. The van der Waals surface area contributed by atoms with Gasteiger partial charge < -0.3 is 10.8 Å². The van der Waals surface area contributed by atoms with E-state index in [0.717, 1.165) is 4.47 Å². The van der Waals surface area contributed by atoms with Crippen molar-refractivity contribution in [2.24, 2.45) is 5.73 Å². The molecule has 3 N–H and O–H groups in total. The van der Waals surface area contributed by atoms with Gasteiger partial charge in [0.1, 0.15) is 11.4 Å². The Kier molecular flexibility index (Phi) is 3.94. The van der Waals surface area contributed by atoms with Gasteiger partial charge in [0, 0.05) is 29.2 Å². The summed E-state index contributed by atoms with van der Waals surface area (Å²) in [6.07, 6.45) is 0.377. The van der Waals surface area contributed by atoms with Crippen LogP contribution in [0.4, 0.5) is 4.39 Å². The molecule has 1 saturated heterocycles. The van der Waals surface area contributed by atoms with Crippen molar-refractivity contribution in [1.82, 2.24) is 4.90 Å². The maximum atomic E-state index is 13.8. The minimum Gasteiger partial charge on any atom is -0.480 e. The summed E-state index contributed by atoms with van der Waals surface area (Å²) in [4.78, 5) is 13.0. The van der Waals surface area contributed by atoms with E-state index in [9.17, 15) is 9.18 Å². The number of carbonyl (C=O) groups is 1. The zero-order valence-electron chi connectivity index (χ0n) is 10.6. The first-order chi connectivity index (χ1) is 8.83. The average molecular weight is 331 g/mol. The molecule has 4 nitrogen and oxygen atoms in total. The van der Waals surface area contributed by atoms with E-state index in [1.807, 2.05) is 11.8 Å². The van der Waals surface area contributed by atoms with E-state index < -0.39 is 11.5 Å². The summed E-state index contributed by atoms with van der Waals surface area (Å²) < 4.78 is 14.6.